The lowest BCUT2D eigenvalue weighted by Gasteiger charge is -2.21. The molecule has 0 fully saturated rings. The molecule has 57 heavy (non-hydrogen) atoms. The van der Waals surface area contributed by atoms with Gasteiger partial charge in [0.2, 0.25) is 0 Å². The van der Waals surface area contributed by atoms with Crippen molar-refractivity contribution in [3.8, 4) is 50.6 Å². The number of benzene rings is 7. The highest BCUT2D eigenvalue weighted by Gasteiger charge is 2.26. The molecule has 0 spiro atoms. The van der Waals surface area contributed by atoms with E-state index in [9.17, 15) is 0 Å². The average Bonchev–Trinajstić information content (AvgIpc) is 3.95. The predicted octanol–water partition coefficient (Wildman–Crippen LogP) is 13.9. The smallest absolute Gasteiger partial charge is 0.147 e. The zero-order valence-corrected chi connectivity index (χ0v) is 31.9. The number of para-hydroxylation sites is 4. The zero-order chi connectivity index (χ0) is 38.3. The Morgan fingerprint density at radius 1 is 0.561 bits per heavy atom. The van der Waals surface area contributed by atoms with Gasteiger partial charge in [-0.15, -0.1) is 0 Å². The number of aromatic amines is 1. The van der Waals surface area contributed by atoms with Gasteiger partial charge in [-0.05, 0) is 82.8 Å². The molecule has 5 heteroatoms. The largest absolute Gasteiger partial charge is 0.456 e. The van der Waals surface area contributed by atoms with Crippen molar-refractivity contribution in [1.29, 1.82) is 0 Å². The molecule has 0 saturated carbocycles. The van der Waals surface area contributed by atoms with Crippen molar-refractivity contribution in [2.45, 2.75) is 26.2 Å². The quantitative estimate of drug-likeness (QED) is 0.191. The number of hydrogen-bond donors (Lipinski definition) is 1. The van der Waals surface area contributed by atoms with Gasteiger partial charge in [0.1, 0.15) is 17.0 Å². The maximum absolute atomic E-state index is 6.59. The fourth-order valence-corrected chi connectivity index (χ4v) is 8.58. The summed E-state index contributed by atoms with van der Waals surface area (Å²) in [4.78, 5) is 14.4. The van der Waals surface area contributed by atoms with Crippen molar-refractivity contribution >= 4 is 54.8 Å². The molecule has 272 valence electrons. The number of H-pyrrole nitrogens is 1. The molecule has 11 aromatic rings. The highest BCUT2D eigenvalue weighted by molar-refractivity contribution is 6.15. The summed E-state index contributed by atoms with van der Waals surface area (Å²) in [6, 6.07) is 57.9. The molecule has 0 aliphatic rings. The first-order valence-corrected chi connectivity index (χ1v) is 19.5. The molecule has 0 amide bonds. The normalized spacial score (nSPS) is 12.1. The van der Waals surface area contributed by atoms with Crippen LogP contribution in [0.4, 0.5) is 0 Å². The van der Waals surface area contributed by atoms with E-state index in [-0.39, 0.29) is 5.41 Å². The Labute approximate surface area is 329 Å². The van der Waals surface area contributed by atoms with Crippen molar-refractivity contribution in [2.75, 3.05) is 0 Å². The number of imidazole rings is 1. The molecule has 4 aromatic heterocycles. The molecule has 5 nitrogen and oxygen atoms in total. The van der Waals surface area contributed by atoms with Crippen molar-refractivity contribution in [1.82, 2.24) is 19.5 Å². The number of aromatic nitrogens is 4. The Morgan fingerprint density at radius 2 is 1.32 bits per heavy atom. The van der Waals surface area contributed by atoms with Gasteiger partial charge in [0.05, 0.1) is 27.9 Å². The van der Waals surface area contributed by atoms with Crippen LogP contribution in [-0.4, -0.2) is 19.5 Å². The van der Waals surface area contributed by atoms with Gasteiger partial charge >= 0.3 is 0 Å². The summed E-state index contributed by atoms with van der Waals surface area (Å²) in [5.41, 5.74) is 15.3. The number of rotatable bonds is 5. The lowest BCUT2D eigenvalue weighted by Crippen LogP contribution is -2.11. The van der Waals surface area contributed by atoms with Crippen molar-refractivity contribution in [2.24, 2.45) is 0 Å². The third-order valence-electron chi connectivity index (χ3n) is 11.4. The first kappa shape index (κ1) is 33.1. The first-order valence-electron chi connectivity index (χ1n) is 19.5. The van der Waals surface area contributed by atoms with Gasteiger partial charge < -0.3 is 9.40 Å². The number of nitrogens with one attached hydrogen (secondary N) is 1. The monoisotopic (exact) mass is 734 g/mol. The van der Waals surface area contributed by atoms with E-state index in [0.717, 1.165) is 94.6 Å². The summed E-state index contributed by atoms with van der Waals surface area (Å²) in [5.74, 6) is 0.873. The van der Waals surface area contributed by atoms with E-state index in [1.54, 1.807) is 0 Å². The zero-order valence-electron chi connectivity index (χ0n) is 31.9. The molecule has 1 N–H and O–H groups in total. The van der Waals surface area contributed by atoms with Gasteiger partial charge in [-0.3, -0.25) is 9.55 Å². The first-order chi connectivity index (χ1) is 27.9. The van der Waals surface area contributed by atoms with Gasteiger partial charge in [0.15, 0.2) is 0 Å². The standard InChI is InChI=1S/C52H38N4O/c1-52(2,3)34-30-39-37-19-7-10-23-43(37)54-49(39)41(31-34)51-55-50-36(21-15-25-45(50)56(51)44-24-11-8-18-35(44)32-16-5-4-6-17-32)33-28-40(42-22-13-14-27-53-42)48-38-20-9-12-26-46(38)57-47(48)29-33/h4-31,54H,1-3H3. The SMILES string of the molecule is CC(C)(C)c1cc(-c2nc3c(-c4cc(-c5ccccn5)c5c(c4)oc4ccccc45)cccc3n2-c2ccccc2-c2ccccc2)c2[nH]c3ccccc3c2c1. The molecule has 4 heterocycles. The highest BCUT2D eigenvalue weighted by atomic mass is 16.3. The minimum atomic E-state index is -0.102. The highest BCUT2D eigenvalue weighted by Crippen LogP contribution is 2.44. The minimum Gasteiger partial charge on any atom is -0.456 e. The Balaban J connectivity index is 1.26. The fourth-order valence-electron chi connectivity index (χ4n) is 8.58. The van der Waals surface area contributed by atoms with E-state index in [2.05, 4.69) is 170 Å². The van der Waals surface area contributed by atoms with Gasteiger partial charge in [-0.2, -0.15) is 0 Å². The van der Waals surface area contributed by atoms with Crippen molar-refractivity contribution in [3.63, 3.8) is 0 Å². The second-order valence-corrected chi connectivity index (χ2v) is 15.9. The molecule has 0 radical (unpaired) electrons. The number of pyridine rings is 1. The molecule has 0 aliphatic heterocycles. The molecular formula is C52H38N4O. The van der Waals surface area contributed by atoms with Crippen LogP contribution in [0.15, 0.2) is 174 Å². The summed E-state index contributed by atoms with van der Waals surface area (Å²) in [6.45, 7) is 6.85. The van der Waals surface area contributed by atoms with E-state index in [1.165, 1.54) is 16.3 Å². The van der Waals surface area contributed by atoms with E-state index in [0.29, 0.717) is 0 Å². The maximum Gasteiger partial charge on any atom is 0.147 e. The molecule has 0 aliphatic carbocycles. The minimum absolute atomic E-state index is 0.102. The van der Waals surface area contributed by atoms with E-state index < -0.39 is 0 Å². The second-order valence-electron chi connectivity index (χ2n) is 15.9. The Bertz CT molecular complexity index is 3330. The van der Waals surface area contributed by atoms with Crippen LogP contribution < -0.4 is 0 Å². The summed E-state index contributed by atoms with van der Waals surface area (Å²) in [5, 5.41) is 4.53. The number of nitrogens with zero attached hydrogens (tertiary/aromatic N) is 3. The number of furan rings is 1. The molecule has 0 bridgehead atoms. The summed E-state index contributed by atoms with van der Waals surface area (Å²) >= 11 is 0. The second kappa shape index (κ2) is 12.7. The van der Waals surface area contributed by atoms with Gasteiger partial charge in [0.25, 0.3) is 0 Å². The van der Waals surface area contributed by atoms with Gasteiger partial charge in [-0.25, -0.2) is 4.98 Å². The van der Waals surface area contributed by atoms with Crippen LogP contribution in [-0.2, 0) is 5.41 Å². The van der Waals surface area contributed by atoms with Crippen LogP contribution in [0.2, 0.25) is 0 Å². The van der Waals surface area contributed by atoms with Crippen molar-refractivity contribution < 1.29 is 4.42 Å². The lowest BCUT2D eigenvalue weighted by molar-refractivity contribution is 0.591. The van der Waals surface area contributed by atoms with Crippen molar-refractivity contribution in [3.05, 3.63) is 176 Å². The summed E-state index contributed by atoms with van der Waals surface area (Å²) in [6.07, 6.45) is 1.85. The van der Waals surface area contributed by atoms with E-state index in [1.807, 2.05) is 30.5 Å². The Kier molecular flexibility index (Phi) is 7.35. The molecule has 0 unspecified atom stereocenters. The molecule has 11 rings (SSSR count). The summed E-state index contributed by atoms with van der Waals surface area (Å²) < 4.78 is 8.95. The maximum atomic E-state index is 6.59. The molecular weight excluding hydrogens is 697 g/mol. The van der Waals surface area contributed by atoms with Gasteiger partial charge in [0, 0.05) is 55.5 Å². The van der Waals surface area contributed by atoms with Crippen LogP contribution in [0, 0.1) is 0 Å². The average molecular weight is 735 g/mol. The third-order valence-corrected chi connectivity index (χ3v) is 11.4. The number of hydrogen-bond acceptors (Lipinski definition) is 3. The van der Waals surface area contributed by atoms with Crippen LogP contribution in [0.3, 0.4) is 0 Å². The topological polar surface area (TPSA) is 59.6 Å². The van der Waals surface area contributed by atoms with Crippen LogP contribution in [0.25, 0.3) is 105 Å². The molecule has 0 saturated heterocycles. The Hall–Kier alpha value is -7.24. The lowest BCUT2D eigenvalue weighted by atomic mass is 9.85. The molecule has 7 aromatic carbocycles. The van der Waals surface area contributed by atoms with Gasteiger partial charge in [-0.1, -0.05) is 124 Å². The van der Waals surface area contributed by atoms with Crippen LogP contribution in [0.5, 0.6) is 0 Å². The van der Waals surface area contributed by atoms with E-state index >= 15 is 0 Å². The van der Waals surface area contributed by atoms with E-state index in [4.69, 9.17) is 14.4 Å². The number of fused-ring (bicyclic) bond motifs is 7. The van der Waals surface area contributed by atoms with Crippen LogP contribution in [0.1, 0.15) is 26.3 Å². The molecule has 0 atom stereocenters. The predicted molar refractivity (Wildman–Crippen MR) is 236 cm³/mol. The third kappa shape index (κ3) is 5.31. The Morgan fingerprint density at radius 3 is 2.16 bits per heavy atom. The fraction of sp³-hybridized carbons (Fsp3) is 0.0769. The van der Waals surface area contributed by atoms with Crippen LogP contribution >= 0.6 is 0 Å². The summed E-state index contributed by atoms with van der Waals surface area (Å²) in [7, 11) is 0.